The molecule has 100 valence electrons. The van der Waals surface area contributed by atoms with Gasteiger partial charge in [0.25, 0.3) is 0 Å². The molecule has 3 N–H and O–H groups in total. The summed E-state index contributed by atoms with van der Waals surface area (Å²) in [5.74, 6) is 2.03. The van der Waals surface area contributed by atoms with Gasteiger partial charge < -0.3 is 16.0 Å². The predicted molar refractivity (Wildman–Crippen MR) is 72.7 cm³/mol. The minimum Gasteiger partial charge on any atom is -0.370 e. The molecule has 0 fully saturated rings. The molecular formula is C12H21N5O. The third-order valence-corrected chi connectivity index (χ3v) is 2.08. The molecule has 0 aliphatic carbocycles. The van der Waals surface area contributed by atoms with Crippen molar-refractivity contribution in [1.82, 2.24) is 15.3 Å². The summed E-state index contributed by atoms with van der Waals surface area (Å²) in [6.07, 6.45) is 0. The van der Waals surface area contributed by atoms with E-state index in [1.807, 2.05) is 27.7 Å². The largest absolute Gasteiger partial charge is 0.370 e. The highest BCUT2D eigenvalue weighted by Gasteiger charge is 2.05. The van der Waals surface area contributed by atoms with Crippen LogP contribution in [0.5, 0.6) is 0 Å². The molecule has 0 aliphatic rings. The number of hydrogen-bond acceptors (Lipinski definition) is 5. The highest BCUT2D eigenvalue weighted by atomic mass is 16.1. The first-order valence-electron chi connectivity index (χ1n) is 6.14. The van der Waals surface area contributed by atoms with Crippen LogP contribution in [-0.2, 0) is 4.79 Å². The number of aromatic nitrogens is 2. The lowest BCUT2D eigenvalue weighted by atomic mass is 10.4. The van der Waals surface area contributed by atoms with Gasteiger partial charge in [-0.15, -0.1) is 0 Å². The van der Waals surface area contributed by atoms with Crippen LogP contribution in [0.1, 0.15) is 26.6 Å². The molecule has 0 saturated carbocycles. The number of anilines is 2. The Bertz CT molecular complexity index is 405. The van der Waals surface area contributed by atoms with Gasteiger partial charge >= 0.3 is 0 Å². The van der Waals surface area contributed by atoms with Crippen molar-refractivity contribution in [2.24, 2.45) is 0 Å². The quantitative estimate of drug-likeness (QED) is 0.707. The second-order valence-electron chi connectivity index (χ2n) is 4.29. The second kappa shape index (κ2) is 6.78. The van der Waals surface area contributed by atoms with Gasteiger partial charge in [0.15, 0.2) is 0 Å². The summed E-state index contributed by atoms with van der Waals surface area (Å²) >= 11 is 0. The Morgan fingerprint density at radius 2 is 1.89 bits per heavy atom. The van der Waals surface area contributed by atoms with Crippen molar-refractivity contribution in [3.63, 3.8) is 0 Å². The van der Waals surface area contributed by atoms with E-state index in [1.54, 1.807) is 6.07 Å². The highest BCUT2D eigenvalue weighted by Crippen LogP contribution is 2.10. The summed E-state index contributed by atoms with van der Waals surface area (Å²) in [5.41, 5.74) is 0. The van der Waals surface area contributed by atoms with E-state index in [-0.39, 0.29) is 18.5 Å². The van der Waals surface area contributed by atoms with Gasteiger partial charge in [0.05, 0.1) is 6.54 Å². The third kappa shape index (κ3) is 4.99. The van der Waals surface area contributed by atoms with Crippen LogP contribution in [0.4, 0.5) is 11.6 Å². The number of carbonyl (C=O) groups excluding carboxylic acids is 1. The van der Waals surface area contributed by atoms with Gasteiger partial charge in [0.1, 0.15) is 17.5 Å². The zero-order chi connectivity index (χ0) is 13.5. The molecule has 0 saturated heterocycles. The van der Waals surface area contributed by atoms with Crippen molar-refractivity contribution in [3.8, 4) is 0 Å². The summed E-state index contributed by atoms with van der Waals surface area (Å²) in [4.78, 5) is 20.0. The second-order valence-corrected chi connectivity index (χ2v) is 4.29. The van der Waals surface area contributed by atoms with Crippen LogP contribution in [0.3, 0.4) is 0 Å². The molecule has 6 nitrogen and oxygen atoms in total. The smallest absolute Gasteiger partial charge is 0.239 e. The molecule has 1 rings (SSSR count). The Hall–Kier alpha value is -1.85. The van der Waals surface area contributed by atoms with Crippen LogP contribution in [-0.4, -0.2) is 35.0 Å². The number of rotatable bonds is 6. The summed E-state index contributed by atoms with van der Waals surface area (Å²) in [6, 6.07) is 1.93. The van der Waals surface area contributed by atoms with Crippen molar-refractivity contribution >= 4 is 17.5 Å². The van der Waals surface area contributed by atoms with E-state index in [9.17, 15) is 4.79 Å². The Labute approximate surface area is 108 Å². The fraction of sp³-hybridized carbons (Fsp3) is 0.583. The number of nitrogens with zero attached hydrogens (tertiary/aromatic N) is 2. The molecule has 18 heavy (non-hydrogen) atoms. The van der Waals surface area contributed by atoms with Crippen molar-refractivity contribution in [2.75, 3.05) is 23.7 Å². The SMILES string of the molecule is CCNc1cc(NCC(=O)NC(C)C)nc(C)n1. The summed E-state index contributed by atoms with van der Waals surface area (Å²) < 4.78 is 0. The summed E-state index contributed by atoms with van der Waals surface area (Å²) in [5, 5.41) is 8.91. The van der Waals surface area contributed by atoms with Gasteiger partial charge in [-0.25, -0.2) is 9.97 Å². The Morgan fingerprint density at radius 3 is 2.44 bits per heavy atom. The molecule has 0 aliphatic heterocycles. The number of carbonyl (C=O) groups is 1. The van der Waals surface area contributed by atoms with Crippen LogP contribution in [0.25, 0.3) is 0 Å². The molecule has 0 spiro atoms. The maximum Gasteiger partial charge on any atom is 0.239 e. The molecule has 0 bridgehead atoms. The lowest BCUT2D eigenvalue weighted by molar-refractivity contribution is -0.119. The normalized spacial score (nSPS) is 10.3. The average molecular weight is 251 g/mol. The fourth-order valence-corrected chi connectivity index (χ4v) is 1.47. The van der Waals surface area contributed by atoms with Crippen LogP contribution in [0.15, 0.2) is 6.07 Å². The van der Waals surface area contributed by atoms with Gasteiger partial charge in [-0.2, -0.15) is 0 Å². The number of hydrogen-bond donors (Lipinski definition) is 3. The van der Waals surface area contributed by atoms with E-state index in [0.29, 0.717) is 11.6 Å². The first-order chi connectivity index (χ1) is 8.51. The fourth-order valence-electron chi connectivity index (χ4n) is 1.47. The van der Waals surface area contributed by atoms with E-state index >= 15 is 0 Å². The monoisotopic (exact) mass is 251 g/mol. The van der Waals surface area contributed by atoms with E-state index in [0.717, 1.165) is 12.4 Å². The minimum absolute atomic E-state index is 0.0498. The van der Waals surface area contributed by atoms with Gasteiger partial charge in [-0.3, -0.25) is 4.79 Å². The average Bonchev–Trinajstić information content (AvgIpc) is 2.25. The van der Waals surface area contributed by atoms with Gasteiger partial charge in [-0.1, -0.05) is 0 Å². The molecule has 1 heterocycles. The standard InChI is InChI=1S/C12H21N5O/c1-5-13-10-6-11(17-9(4)16-10)14-7-12(18)15-8(2)3/h6,8H,5,7H2,1-4H3,(H,15,18)(H2,13,14,16,17). The summed E-state index contributed by atoms with van der Waals surface area (Å²) in [6.45, 7) is 8.68. The van der Waals surface area contributed by atoms with Crippen molar-refractivity contribution in [1.29, 1.82) is 0 Å². The predicted octanol–water partition coefficient (Wildman–Crippen LogP) is 1.15. The third-order valence-electron chi connectivity index (χ3n) is 2.08. The first kappa shape index (κ1) is 14.2. The van der Waals surface area contributed by atoms with Crippen LogP contribution in [0, 0.1) is 6.92 Å². The maximum atomic E-state index is 11.5. The van der Waals surface area contributed by atoms with Crippen molar-refractivity contribution < 1.29 is 4.79 Å². The molecule has 1 aromatic heterocycles. The first-order valence-corrected chi connectivity index (χ1v) is 6.14. The summed E-state index contributed by atoms with van der Waals surface area (Å²) in [7, 11) is 0. The lowest BCUT2D eigenvalue weighted by Crippen LogP contribution is -2.35. The van der Waals surface area contributed by atoms with Crippen LogP contribution in [0.2, 0.25) is 0 Å². The minimum atomic E-state index is -0.0498. The number of aryl methyl sites for hydroxylation is 1. The molecule has 0 atom stereocenters. The van der Waals surface area contributed by atoms with Gasteiger partial charge in [-0.05, 0) is 27.7 Å². The van der Waals surface area contributed by atoms with Gasteiger partial charge in [0, 0.05) is 18.7 Å². The molecular weight excluding hydrogens is 230 g/mol. The Balaban J connectivity index is 2.58. The number of nitrogens with one attached hydrogen (secondary N) is 3. The van der Waals surface area contributed by atoms with Crippen LogP contribution < -0.4 is 16.0 Å². The van der Waals surface area contributed by atoms with E-state index in [2.05, 4.69) is 25.9 Å². The molecule has 0 radical (unpaired) electrons. The Morgan fingerprint density at radius 1 is 1.28 bits per heavy atom. The van der Waals surface area contributed by atoms with E-state index in [4.69, 9.17) is 0 Å². The molecule has 0 aromatic carbocycles. The van der Waals surface area contributed by atoms with E-state index < -0.39 is 0 Å². The van der Waals surface area contributed by atoms with Crippen molar-refractivity contribution in [2.45, 2.75) is 33.7 Å². The zero-order valence-corrected chi connectivity index (χ0v) is 11.4. The molecule has 6 heteroatoms. The lowest BCUT2D eigenvalue weighted by Gasteiger charge is -2.11. The molecule has 0 unspecified atom stereocenters. The van der Waals surface area contributed by atoms with Crippen molar-refractivity contribution in [3.05, 3.63) is 11.9 Å². The van der Waals surface area contributed by atoms with Gasteiger partial charge in [0.2, 0.25) is 5.91 Å². The number of amides is 1. The molecule has 1 aromatic rings. The maximum absolute atomic E-state index is 11.5. The topological polar surface area (TPSA) is 78.9 Å². The molecule has 1 amide bonds. The van der Waals surface area contributed by atoms with E-state index in [1.165, 1.54) is 0 Å². The highest BCUT2D eigenvalue weighted by molar-refractivity contribution is 5.80. The Kier molecular flexibility index (Phi) is 5.35. The van der Waals surface area contributed by atoms with Crippen LogP contribution >= 0.6 is 0 Å². The zero-order valence-electron chi connectivity index (χ0n) is 11.4.